The molecule has 6 nitrogen and oxygen atoms in total. The van der Waals surface area contributed by atoms with Crippen LogP contribution in [0.5, 0.6) is 0 Å². The topological polar surface area (TPSA) is 104 Å². The number of anilines is 2. The van der Waals surface area contributed by atoms with Gasteiger partial charge in [0.05, 0.1) is 16.3 Å². The molecule has 1 amide bonds. The van der Waals surface area contributed by atoms with E-state index in [0.717, 1.165) is 6.42 Å². The van der Waals surface area contributed by atoms with Crippen LogP contribution in [-0.4, -0.2) is 29.6 Å². The Balaban J connectivity index is 2.67. The molecule has 1 rings (SSSR count). The Bertz CT molecular complexity index is 534. The largest absolute Gasteiger partial charge is 0.478 e. The maximum absolute atomic E-state index is 11.6. The van der Waals surface area contributed by atoms with Gasteiger partial charge in [-0.05, 0) is 25.5 Å². The van der Waals surface area contributed by atoms with E-state index in [-0.39, 0.29) is 46.9 Å². The summed E-state index contributed by atoms with van der Waals surface area (Å²) in [6.07, 6.45) is 1.08. The number of nitrogen functional groups attached to an aromatic ring is 1. The Kier molecular flexibility index (Phi) is 6.30. The smallest absolute Gasteiger partial charge is 0.337 e. The average molecular weight is 314 g/mol. The number of rotatable bonds is 7. The fourth-order valence-electron chi connectivity index (χ4n) is 1.73. The van der Waals surface area contributed by atoms with Gasteiger partial charge in [-0.1, -0.05) is 18.5 Å². The van der Waals surface area contributed by atoms with Crippen LogP contribution in [0.1, 0.15) is 37.0 Å². The summed E-state index contributed by atoms with van der Waals surface area (Å²) < 4.78 is 0. The van der Waals surface area contributed by atoms with Gasteiger partial charge in [-0.3, -0.25) is 4.79 Å². The number of carboxylic acids is 1. The highest BCUT2D eigenvalue weighted by atomic mass is 35.5. The summed E-state index contributed by atoms with van der Waals surface area (Å²) in [5.41, 5.74) is 6.11. The number of halogens is 1. The number of carbonyl (C=O) groups excluding carboxylic acids is 1. The third-order valence-electron chi connectivity index (χ3n) is 3.02. The lowest BCUT2D eigenvalue weighted by molar-refractivity contribution is -0.121. The number of amides is 1. The molecule has 1 unspecified atom stereocenters. The van der Waals surface area contributed by atoms with Crippen LogP contribution in [-0.2, 0) is 4.79 Å². The zero-order chi connectivity index (χ0) is 16.0. The summed E-state index contributed by atoms with van der Waals surface area (Å²) in [4.78, 5) is 22.8. The molecule has 0 aromatic heterocycles. The van der Waals surface area contributed by atoms with Crippen LogP contribution >= 0.6 is 11.6 Å². The number of carboxylic acid groups (broad SMARTS) is 1. The number of nitrogens with one attached hydrogen (secondary N) is 2. The van der Waals surface area contributed by atoms with Crippen LogP contribution < -0.4 is 16.4 Å². The first-order valence-electron chi connectivity index (χ1n) is 6.70. The van der Waals surface area contributed by atoms with Crippen molar-refractivity contribution in [1.29, 1.82) is 0 Å². The van der Waals surface area contributed by atoms with Gasteiger partial charge in [-0.15, -0.1) is 0 Å². The molecule has 7 heteroatoms. The molecule has 0 bridgehead atoms. The summed E-state index contributed by atoms with van der Waals surface area (Å²) >= 11 is 5.99. The van der Waals surface area contributed by atoms with E-state index in [2.05, 4.69) is 10.6 Å². The van der Waals surface area contributed by atoms with E-state index in [1.54, 1.807) is 0 Å². The highest BCUT2D eigenvalue weighted by Crippen LogP contribution is 2.29. The molecule has 0 saturated carbocycles. The third kappa shape index (κ3) is 5.15. The van der Waals surface area contributed by atoms with Crippen LogP contribution in [0.4, 0.5) is 11.4 Å². The van der Waals surface area contributed by atoms with E-state index in [0.29, 0.717) is 0 Å². The van der Waals surface area contributed by atoms with Crippen molar-refractivity contribution in [3.8, 4) is 0 Å². The summed E-state index contributed by atoms with van der Waals surface area (Å²) in [5.74, 6) is -1.23. The van der Waals surface area contributed by atoms with Crippen molar-refractivity contribution in [2.24, 2.45) is 0 Å². The second-order valence-corrected chi connectivity index (χ2v) is 5.19. The molecule has 1 atom stereocenters. The van der Waals surface area contributed by atoms with Gasteiger partial charge in [-0.25, -0.2) is 4.79 Å². The Morgan fingerprint density at radius 3 is 2.67 bits per heavy atom. The van der Waals surface area contributed by atoms with Gasteiger partial charge in [0.25, 0.3) is 0 Å². The van der Waals surface area contributed by atoms with E-state index in [4.69, 9.17) is 22.4 Å². The zero-order valence-electron chi connectivity index (χ0n) is 12.1. The minimum Gasteiger partial charge on any atom is -0.478 e. The fourth-order valence-corrected chi connectivity index (χ4v) is 2.02. The van der Waals surface area contributed by atoms with Crippen molar-refractivity contribution in [3.63, 3.8) is 0 Å². The minimum absolute atomic E-state index is 0.0117. The van der Waals surface area contributed by atoms with Gasteiger partial charge in [0.2, 0.25) is 5.91 Å². The van der Waals surface area contributed by atoms with E-state index in [1.165, 1.54) is 12.1 Å². The first kappa shape index (κ1) is 17.1. The molecule has 0 spiro atoms. The number of carbonyl (C=O) groups is 2. The van der Waals surface area contributed by atoms with E-state index in [9.17, 15) is 9.59 Å². The molecule has 0 radical (unpaired) electrons. The molecule has 0 aliphatic heterocycles. The van der Waals surface area contributed by atoms with Gasteiger partial charge >= 0.3 is 5.97 Å². The molecule has 0 aliphatic carbocycles. The van der Waals surface area contributed by atoms with E-state index < -0.39 is 5.97 Å². The molecule has 21 heavy (non-hydrogen) atoms. The second-order valence-electron chi connectivity index (χ2n) is 4.78. The fraction of sp³-hybridized carbons (Fsp3) is 0.429. The summed E-state index contributed by atoms with van der Waals surface area (Å²) in [6, 6.07) is 2.91. The summed E-state index contributed by atoms with van der Waals surface area (Å²) in [5, 5.41) is 15.1. The van der Waals surface area contributed by atoms with Crippen LogP contribution in [0, 0.1) is 0 Å². The van der Waals surface area contributed by atoms with Gasteiger partial charge in [0, 0.05) is 24.7 Å². The Labute approximate surface area is 128 Å². The van der Waals surface area contributed by atoms with Gasteiger partial charge in [0.1, 0.15) is 0 Å². The van der Waals surface area contributed by atoms with Gasteiger partial charge in [0.15, 0.2) is 0 Å². The van der Waals surface area contributed by atoms with Crippen molar-refractivity contribution in [3.05, 3.63) is 22.7 Å². The lowest BCUT2D eigenvalue weighted by Crippen LogP contribution is -2.33. The van der Waals surface area contributed by atoms with E-state index in [1.807, 2.05) is 13.8 Å². The molecule has 0 heterocycles. The van der Waals surface area contributed by atoms with Crippen molar-refractivity contribution >= 4 is 34.9 Å². The van der Waals surface area contributed by atoms with Crippen molar-refractivity contribution in [2.75, 3.05) is 17.6 Å². The maximum atomic E-state index is 11.6. The zero-order valence-corrected chi connectivity index (χ0v) is 12.8. The lowest BCUT2D eigenvalue weighted by atomic mass is 10.1. The van der Waals surface area contributed by atoms with Crippen LogP contribution in [0.3, 0.4) is 0 Å². The van der Waals surface area contributed by atoms with Gasteiger partial charge < -0.3 is 21.5 Å². The molecule has 1 aromatic rings. The Morgan fingerprint density at radius 1 is 1.43 bits per heavy atom. The summed E-state index contributed by atoms with van der Waals surface area (Å²) in [6.45, 7) is 4.19. The molecule has 0 fully saturated rings. The minimum atomic E-state index is -1.13. The first-order chi connectivity index (χ1) is 9.85. The van der Waals surface area contributed by atoms with Crippen LogP contribution in [0.2, 0.25) is 5.02 Å². The highest BCUT2D eigenvalue weighted by Gasteiger charge is 2.15. The molecule has 116 valence electrons. The SMILES string of the molecule is CCC(C)NC(=O)CCNc1c(Cl)cc(N)cc1C(=O)O. The Morgan fingerprint density at radius 2 is 2.10 bits per heavy atom. The monoisotopic (exact) mass is 313 g/mol. The summed E-state index contributed by atoms with van der Waals surface area (Å²) in [7, 11) is 0. The second kappa shape index (κ2) is 7.73. The third-order valence-corrected chi connectivity index (χ3v) is 3.31. The molecular formula is C14H20ClN3O3. The lowest BCUT2D eigenvalue weighted by Gasteiger charge is -2.14. The van der Waals surface area contributed by atoms with Crippen molar-refractivity contribution in [1.82, 2.24) is 5.32 Å². The Hall–Kier alpha value is -1.95. The number of aromatic carboxylic acids is 1. The number of nitrogens with two attached hydrogens (primary N) is 1. The van der Waals surface area contributed by atoms with Crippen LogP contribution in [0.15, 0.2) is 12.1 Å². The molecule has 0 aliphatic rings. The average Bonchev–Trinajstić information content (AvgIpc) is 2.40. The highest BCUT2D eigenvalue weighted by molar-refractivity contribution is 6.34. The number of benzene rings is 1. The predicted molar refractivity (Wildman–Crippen MR) is 83.8 cm³/mol. The molecule has 5 N–H and O–H groups in total. The number of hydrogen-bond donors (Lipinski definition) is 4. The van der Waals surface area contributed by atoms with E-state index >= 15 is 0 Å². The first-order valence-corrected chi connectivity index (χ1v) is 7.08. The molecule has 0 saturated heterocycles. The van der Waals surface area contributed by atoms with Crippen molar-refractivity contribution in [2.45, 2.75) is 32.7 Å². The molecular weight excluding hydrogens is 294 g/mol. The standard InChI is InChI=1S/C14H20ClN3O3/c1-3-8(2)18-12(19)4-5-17-13-10(14(20)21)6-9(16)7-11(13)15/h6-8,17H,3-5,16H2,1-2H3,(H,18,19)(H,20,21). The van der Waals surface area contributed by atoms with Gasteiger partial charge in [-0.2, -0.15) is 0 Å². The molecule has 1 aromatic carbocycles. The van der Waals surface area contributed by atoms with Crippen LogP contribution in [0.25, 0.3) is 0 Å². The number of hydrogen-bond acceptors (Lipinski definition) is 4. The predicted octanol–water partition coefficient (Wildman–Crippen LogP) is 2.34. The quantitative estimate of drug-likeness (QED) is 0.578. The van der Waals surface area contributed by atoms with Crippen molar-refractivity contribution < 1.29 is 14.7 Å². The normalized spacial score (nSPS) is 11.8. The maximum Gasteiger partial charge on any atom is 0.337 e.